The molecule has 1 atom stereocenters. The first-order valence-electron chi connectivity index (χ1n) is 7.42. The van der Waals surface area contributed by atoms with Crippen molar-refractivity contribution in [1.82, 2.24) is 5.32 Å². The molecule has 0 rings (SSSR count). The molecule has 20 heavy (non-hydrogen) atoms. The van der Waals surface area contributed by atoms with Gasteiger partial charge in [0.05, 0.1) is 6.61 Å². The summed E-state index contributed by atoms with van der Waals surface area (Å²) < 4.78 is 10.2. The number of amides is 1. The summed E-state index contributed by atoms with van der Waals surface area (Å²) in [7, 11) is 0. The third-order valence-corrected chi connectivity index (χ3v) is 2.58. The van der Waals surface area contributed by atoms with E-state index in [0.717, 1.165) is 12.8 Å². The molecule has 0 fully saturated rings. The van der Waals surface area contributed by atoms with E-state index in [4.69, 9.17) is 9.47 Å². The van der Waals surface area contributed by atoms with Crippen molar-refractivity contribution in [2.75, 3.05) is 6.61 Å². The Kier molecular flexibility index (Phi) is 9.01. The number of ether oxygens (including phenoxy) is 2. The lowest BCUT2D eigenvalue weighted by atomic mass is 10.2. The lowest BCUT2D eigenvalue weighted by molar-refractivity contribution is -0.145. The van der Waals surface area contributed by atoms with Gasteiger partial charge in [-0.15, -0.1) is 0 Å². The summed E-state index contributed by atoms with van der Waals surface area (Å²) in [6.07, 6.45) is 4.89. The third-order valence-electron chi connectivity index (χ3n) is 2.58. The normalized spacial score (nSPS) is 12.7. The Balaban J connectivity index is 3.78. The van der Waals surface area contributed by atoms with Crippen molar-refractivity contribution in [2.45, 2.75) is 78.4 Å². The molecule has 0 saturated carbocycles. The molecule has 5 heteroatoms. The average Bonchev–Trinajstić information content (AvgIpc) is 2.30. The Hall–Kier alpha value is -1.26. The van der Waals surface area contributed by atoms with Gasteiger partial charge < -0.3 is 14.8 Å². The van der Waals surface area contributed by atoms with Crippen molar-refractivity contribution >= 4 is 12.1 Å². The van der Waals surface area contributed by atoms with Gasteiger partial charge in [-0.05, 0) is 34.1 Å². The monoisotopic (exact) mass is 287 g/mol. The van der Waals surface area contributed by atoms with E-state index in [9.17, 15) is 9.59 Å². The van der Waals surface area contributed by atoms with Crippen molar-refractivity contribution < 1.29 is 19.1 Å². The number of carbonyl (C=O) groups is 2. The SMILES string of the molecule is CCCCCCCOC(=O)[C@H](C)NC(=O)OC(C)(C)C. The van der Waals surface area contributed by atoms with Gasteiger partial charge in [0, 0.05) is 0 Å². The van der Waals surface area contributed by atoms with Crippen molar-refractivity contribution in [1.29, 1.82) is 0 Å². The summed E-state index contributed by atoms with van der Waals surface area (Å²) in [4.78, 5) is 23.1. The van der Waals surface area contributed by atoms with Crippen LogP contribution in [0, 0.1) is 0 Å². The van der Waals surface area contributed by atoms with Crippen molar-refractivity contribution in [2.24, 2.45) is 0 Å². The van der Waals surface area contributed by atoms with Gasteiger partial charge in [-0.2, -0.15) is 0 Å². The van der Waals surface area contributed by atoms with E-state index < -0.39 is 23.7 Å². The summed E-state index contributed by atoms with van der Waals surface area (Å²) in [6.45, 7) is 9.46. The Labute approximate surface area is 122 Å². The second kappa shape index (κ2) is 9.61. The van der Waals surface area contributed by atoms with Gasteiger partial charge in [0.15, 0.2) is 0 Å². The van der Waals surface area contributed by atoms with Crippen LogP contribution in [0.15, 0.2) is 0 Å². The number of esters is 1. The molecule has 0 saturated heterocycles. The van der Waals surface area contributed by atoms with Crippen LogP contribution in [0.25, 0.3) is 0 Å². The largest absolute Gasteiger partial charge is 0.464 e. The molecule has 0 spiro atoms. The molecule has 0 unspecified atom stereocenters. The molecule has 0 aliphatic carbocycles. The minimum Gasteiger partial charge on any atom is -0.464 e. The second-order valence-electron chi connectivity index (χ2n) is 5.95. The Morgan fingerprint density at radius 1 is 1.10 bits per heavy atom. The van der Waals surface area contributed by atoms with Gasteiger partial charge in [0.25, 0.3) is 0 Å². The van der Waals surface area contributed by atoms with Gasteiger partial charge in [-0.1, -0.05) is 32.6 Å². The van der Waals surface area contributed by atoms with Gasteiger partial charge >= 0.3 is 12.1 Å². The van der Waals surface area contributed by atoms with Gasteiger partial charge in [0.1, 0.15) is 11.6 Å². The number of rotatable bonds is 8. The summed E-state index contributed by atoms with van der Waals surface area (Å²) in [5.41, 5.74) is -0.576. The first-order chi connectivity index (χ1) is 9.26. The molecular weight excluding hydrogens is 258 g/mol. The van der Waals surface area contributed by atoms with Crippen LogP contribution in [0.3, 0.4) is 0 Å². The minimum absolute atomic E-state index is 0.406. The second-order valence-corrected chi connectivity index (χ2v) is 5.95. The molecule has 118 valence electrons. The molecule has 0 bridgehead atoms. The van der Waals surface area contributed by atoms with E-state index >= 15 is 0 Å². The smallest absolute Gasteiger partial charge is 0.408 e. The first-order valence-corrected chi connectivity index (χ1v) is 7.42. The minimum atomic E-state index is -0.694. The average molecular weight is 287 g/mol. The zero-order valence-electron chi connectivity index (χ0n) is 13.5. The fourth-order valence-corrected chi connectivity index (χ4v) is 1.55. The number of hydrogen-bond acceptors (Lipinski definition) is 4. The molecule has 0 aromatic carbocycles. The quantitative estimate of drug-likeness (QED) is 0.549. The number of alkyl carbamates (subject to hydrolysis) is 1. The Morgan fingerprint density at radius 3 is 2.25 bits per heavy atom. The van der Waals surface area contributed by atoms with E-state index in [1.54, 1.807) is 27.7 Å². The fraction of sp³-hybridized carbons (Fsp3) is 0.867. The highest BCUT2D eigenvalue weighted by Gasteiger charge is 2.21. The Morgan fingerprint density at radius 2 is 1.70 bits per heavy atom. The third kappa shape index (κ3) is 10.6. The molecule has 0 aromatic heterocycles. The van der Waals surface area contributed by atoms with E-state index in [2.05, 4.69) is 12.2 Å². The molecule has 0 radical (unpaired) electrons. The molecule has 0 aliphatic rings. The predicted molar refractivity (Wildman–Crippen MR) is 78.5 cm³/mol. The zero-order valence-corrected chi connectivity index (χ0v) is 13.5. The van der Waals surface area contributed by atoms with Crippen molar-refractivity contribution in [3.63, 3.8) is 0 Å². The maximum absolute atomic E-state index is 11.6. The van der Waals surface area contributed by atoms with Crippen LogP contribution in [0.4, 0.5) is 4.79 Å². The van der Waals surface area contributed by atoms with Crippen LogP contribution in [-0.4, -0.2) is 30.3 Å². The number of nitrogens with one attached hydrogen (secondary N) is 1. The summed E-state index contributed by atoms with van der Waals surface area (Å²) in [6, 6.07) is -0.694. The van der Waals surface area contributed by atoms with Crippen molar-refractivity contribution in [3.05, 3.63) is 0 Å². The van der Waals surface area contributed by atoms with E-state index in [1.165, 1.54) is 19.3 Å². The predicted octanol–water partition coefficient (Wildman–Crippen LogP) is 3.41. The first kappa shape index (κ1) is 18.7. The summed E-state index contributed by atoms with van der Waals surface area (Å²) >= 11 is 0. The fourth-order valence-electron chi connectivity index (χ4n) is 1.55. The standard InChI is InChI=1S/C15H29NO4/c1-6-7-8-9-10-11-19-13(17)12(2)16-14(18)20-15(3,4)5/h12H,6-11H2,1-5H3,(H,16,18)/t12-/m0/s1. The highest BCUT2D eigenvalue weighted by Crippen LogP contribution is 2.07. The van der Waals surface area contributed by atoms with Crippen LogP contribution in [0.5, 0.6) is 0 Å². The van der Waals surface area contributed by atoms with E-state index in [0.29, 0.717) is 6.61 Å². The lowest BCUT2D eigenvalue weighted by Gasteiger charge is -2.21. The maximum atomic E-state index is 11.6. The zero-order chi connectivity index (χ0) is 15.6. The van der Waals surface area contributed by atoms with E-state index in [-0.39, 0.29) is 0 Å². The number of carbonyl (C=O) groups excluding carboxylic acids is 2. The molecule has 5 nitrogen and oxygen atoms in total. The maximum Gasteiger partial charge on any atom is 0.408 e. The molecule has 1 amide bonds. The highest BCUT2D eigenvalue weighted by molar-refractivity contribution is 5.80. The van der Waals surface area contributed by atoms with Gasteiger partial charge in [-0.3, -0.25) is 0 Å². The highest BCUT2D eigenvalue weighted by atomic mass is 16.6. The van der Waals surface area contributed by atoms with Crippen LogP contribution >= 0.6 is 0 Å². The van der Waals surface area contributed by atoms with Crippen LogP contribution in [0.1, 0.15) is 66.7 Å². The molecule has 1 N–H and O–H groups in total. The Bertz CT molecular complexity index is 297. The van der Waals surface area contributed by atoms with Crippen molar-refractivity contribution in [3.8, 4) is 0 Å². The van der Waals surface area contributed by atoms with Gasteiger partial charge in [-0.25, -0.2) is 9.59 Å². The number of unbranched alkanes of at least 4 members (excludes halogenated alkanes) is 4. The topological polar surface area (TPSA) is 64.6 Å². The van der Waals surface area contributed by atoms with Gasteiger partial charge in [0.2, 0.25) is 0 Å². The van der Waals surface area contributed by atoms with E-state index in [1.807, 2.05) is 0 Å². The lowest BCUT2D eigenvalue weighted by Crippen LogP contribution is -2.42. The van der Waals surface area contributed by atoms with Crippen LogP contribution in [-0.2, 0) is 14.3 Å². The number of hydrogen-bond donors (Lipinski definition) is 1. The molecule has 0 heterocycles. The van der Waals surface area contributed by atoms with Crippen LogP contribution in [0.2, 0.25) is 0 Å². The summed E-state index contributed by atoms with van der Waals surface area (Å²) in [5, 5.41) is 2.46. The molecule has 0 aromatic rings. The molecular formula is C15H29NO4. The summed E-state index contributed by atoms with van der Waals surface area (Å²) in [5.74, 6) is -0.425. The molecule has 0 aliphatic heterocycles. The van der Waals surface area contributed by atoms with Crippen LogP contribution < -0.4 is 5.32 Å².